The molecule has 20 heavy (non-hydrogen) atoms. The van der Waals surface area contributed by atoms with Crippen molar-refractivity contribution in [2.45, 2.75) is 25.8 Å². The molecule has 0 amide bonds. The molecular formula is C14H23N3O3. The highest BCUT2D eigenvalue weighted by molar-refractivity contribution is 5.52. The van der Waals surface area contributed by atoms with Gasteiger partial charge in [-0.1, -0.05) is 19.9 Å². The fourth-order valence-corrected chi connectivity index (χ4v) is 1.68. The van der Waals surface area contributed by atoms with E-state index in [1.165, 1.54) is 0 Å². The number of ether oxygens (including phenoxy) is 2. The first-order valence-electron chi connectivity index (χ1n) is 6.73. The van der Waals surface area contributed by atoms with Crippen molar-refractivity contribution in [3.05, 3.63) is 18.6 Å². The molecule has 0 fully saturated rings. The predicted octanol–water partition coefficient (Wildman–Crippen LogP) is 1.72. The zero-order valence-corrected chi connectivity index (χ0v) is 12.1. The second-order valence-electron chi connectivity index (χ2n) is 4.30. The second kappa shape index (κ2) is 9.28. The third kappa shape index (κ3) is 5.14. The van der Waals surface area contributed by atoms with E-state index in [2.05, 4.69) is 28.8 Å². The summed E-state index contributed by atoms with van der Waals surface area (Å²) in [5.74, 6) is 1.63. The van der Waals surface area contributed by atoms with Gasteiger partial charge < -0.3 is 19.9 Å². The van der Waals surface area contributed by atoms with Gasteiger partial charge in [0.15, 0.2) is 17.4 Å². The van der Waals surface area contributed by atoms with Gasteiger partial charge in [0, 0.05) is 7.11 Å². The van der Waals surface area contributed by atoms with Gasteiger partial charge in [-0.15, -0.1) is 0 Å². The fraction of sp³-hybridized carbons (Fsp3) is 0.571. The third-order valence-electron chi connectivity index (χ3n) is 2.70. The van der Waals surface area contributed by atoms with E-state index >= 15 is 0 Å². The van der Waals surface area contributed by atoms with Crippen LogP contribution in [0.15, 0.2) is 12.8 Å². The Balaban J connectivity index is 2.84. The number of aromatic nitrogens is 2. The van der Waals surface area contributed by atoms with Crippen LogP contribution in [-0.2, 0) is 4.74 Å². The van der Waals surface area contributed by atoms with Crippen LogP contribution in [0.2, 0.25) is 0 Å². The molecule has 6 nitrogen and oxygen atoms in total. The van der Waals surface area contributed by atoms with Crippen LogP contribution in [0, 0.1) is 0 Å². The second-order valence-corrected chi connectivity index (χ2v) is 4.30. The van der Waals surface area contributed by atoms with Crippen LogP contribution in [0.3, 0.4) is 0 Å². The lowest BCUT2D eigenvalue weighted by Gasteiger charge is -2.18. The zero-order chi connectivity index (χ0) is 14.8. The van der Waals surface area contributed by atoms with Crippen LogP contribution in [0.25, 0.3) is 6.08 Å². The van der Waals surface area contributed by atoms with Crippen LogP contribution < -0.4 is 10.1 Å². The van der Waals surface area contributed by atoms with E-state index in [9.17, 15) is 5.11 Å². The van der Waals surface area contributed by atoms with Gasteiger partial charge in [0.05, 0.1) is 25.5 Å². The van der Waals surface area contributed by atoms with Crippen molar-refractivity contribution < 1.29 is 14.6 Å². The molecule has 1 atom stereocenters. The maximum atomic E-state index is 9.36. The Morgan fingerprint density at radius 2 is 2.30 bits per heavy atom. The van der Waals surface area contributed by atoms with E-state index in [0.717, 1.165) is 12.8 Å². The van der Waals surface area contributed by atoms with Gasteiger partial charge in [0.25, 0.3) is 0 Å². The Morgan fingerprint density at radius 1 is 1.50 bits per heavy atom. The van der Waals surface area contributed by atoms with Crippen molar-refractivity contribution in [3.63, 3.8) is 0 Å². The first-order valence-corrected chi connectivity index (χ1v) is 6.73. The topological polar surface area (TPSA) is 76.5 Å². The highest BCUT2D eigenvalue weighted by Gasteiger charge is 2.12. The monoisotopic (exact) mass is 281 g/mol. The molecule has 0 saturated heterocycles. The molecule has 1 aromatic rings. The Hall–Kier alpha value is -1.66. The van der Waals surface area contributed by atoms with Crippen LogP contribution in [0.5, 0.6) is 5.75 Å². The number of nitrogens with one attached hydrogen (secondary N) is 1. The van der Waals surface area contributed by atoms with Crippen molar-refractivity contribution in [2.75, 3.05) is 32.2 Å². The minimum atomic E-state index is -0.0580. The number of aliphatic hydroxyl groups excluding tert-OH is 1. The average molecular weight is 281 g/mol. The molecule has 112 valence electrons. The quantitative estimate of drug-likeness (QED) is 0.636. The van der Waals surface area contributed by atoms with E-state index in [-0.39, 0.29) is 12.6 Å². The molecule has 0 aliphatic rings. The highest BCUT2D eigenvalue weighted by atomic mass is 16.5. The first-order chi connectivity index (χ1) is 9.74. The molecule has 0 radical (unpaired) electrons. The molecule has 1 rings (SSSR count). The van der Waals surface area contributed by atoms with Crippen molar-refractivity contribution in [2.24, 2.45) is 0 Å². The smallest absolute Gasteiger partial charge is 0.180 e. The summed E-state index contributed by atoms with van der Waals surface area (Å²) in [6.07, 6.45) is 4.99. The number of methoxy groups -OCH3 is 1. The molecule has 0 saturated carbocycles. The Labute approximate surface area is 119 Å². The molecule has 0 spiro atoms. The molecule has 6 heteroatoms. The zero-order valence-electron chi connectivity index (χ0n) is 12.1. The minimum Gasteiger partial charge on any atom is -0.486 e. The predicted molar refractivity (Wildman–Crippen MR) is 78.9 cm³/mol. The van der Waals surface area contributed by atoms with E-state index in [1.54, 1.807) is 19.4 Å². The summed E-state index contributed by atoms with van der Waals surface area (Å²) in [7, 11) is 1.61. The molecule has 1 heterocycles. The number of hydrogen-bond acceptors (Lipinski definition) is 6. The Morgan fingerprint density at radius 3 is 2.90 bits per heavy atom. The van der Waals surface area contributed by atoms with Crippen LogP contribution >= 0.6 is 0 Å². The van der Waals surface area contributed by atoms with Crippen molar-refractivity contribution in [1.29, 1.82) is 0 Å². The molecule has 0 bridgehead atoms. The maximum absolute atomic E-state index is 9.36. The van der Waals surface area contributed by atoms with Crippen LogP contribution in [-0.4, -0.2) is 48.0 Å². The largest absolute Gasteiger partial charge is 0.486 e. The molecule has 0 aliphatic carbocycles. The molecule has 2 N–H and O–H groups in total. The Bertz CT molecular complexity index is 413. The first kappa shape index (κ1) is 16.4. The van der Waals surface area contributed by atoms with Crippen LogP contribution in [0.1, 0.15) is 25.6 Å². The molecule has 0 aliphatic heterocycles. The standard InChI is InChI=1S/C14H23N3O3/c1-4-6-11(10-18)16-14-12(20-8-7-19-3)9-15-13(5-2)17-14/h5,9,11,18H,2,4,6-8,10H2,1,3H3,(H,15,16,17). The summed E-state index contributed by atoms with van der Waals surface area (Å²) in [6, 6.07) is -0.0580. The van der Waals surface area contributed by atoms with Gasteiger partial charge in [-0.25, -0.2) is 9.97 Å². The SMILES string of the molecule is C=Cc1ncc(OCCOC)c(NC(CO)CCC)n1. The minimum absolute atomic E-state index is 0.0405. The van der Waals surface area contributed by atoms with Gasteiger partial charge in [0.1, 0.15) is 6.61 Å². The van der Waals surface area contributed by atoms with Gasteiger partial charge in [-0.05, 0) is 12.5 Å². The lowest BCUT2D eigenvalue weighted by Crippen LogP contribution is -2.25. The summed E-state index contributed by atoms with van der Waals surface area (Å²) in [5.41, 5.74) is 0. The highest BCUT2D eigenvalue weighted by Crippen LogP contribution is 2.22. The summed E-state index contributed by atoms with van der Waals surface area (Å²) < 4.78 is 10.5. The van der Waals surface area contributed by atoms with Crippen LogP contribution in [0.4, 0.5) is 5.82 Å². The summed E-state index contributed by atoms with van der Waals surface area (Å²) in [4.78, 5) is 8.44. The van der Waals surface area contributed by atoms with E-state index in [4.69, 9.17) is 9.47 Å². The fourth-order valence-electron chi connectivity index (χ4n) is 1.68. The number of anilines is 1. The van der Waals surface area contributed by atoms with Crippen molar-refractivity contribution in [3.8, 4) is 5.75 Å². The molecular weight excluding hydrogens is 258 g/mol. The van der Waals surface area contributed by atoms with Gasteiger partial charge >= 0.3 is 0 Å². The molecule has 0 aromatic carbocycles. The number of rotatable bonds is 10. The summed E-state index contributed by atoms with van der Waals surface area (Å²) in [5, 5.41) is 12.5. The van der Waals surface area contributed by atoms with E-state index in [1.807, 2.05) is 0 Å². The lowest BCUT2D eigenvalue weighted by molar-refractivity contribution is 0.146. The summed E-state index contributed by atoms with van der Waals surface area (Å²) in [6.45, 7) is 6.66. The third-order valence-corrected chi connectivity index (χ3v) is 2.70. The summed E-state index contributed by atoms with van der Waals surface area (Å²) >= 11 is 0. The Kier molecular flexibility index (Phi) is 7.60. The van der Waals surface area contributed by atoms with Gasteiger partial charge in [-0.3, -0.25) is 0 Å². The lowest BCUT2D eigenvalue weighted by atomic mass is 10.2. The van der Waals surface area contributed by atoms with Crippen molar-refractivity contribution >= 4 is 11.9 Å². The molecule has 1 unspecified atom stereocenters. The van der Waals surface area contributed by atoms with Crippen molar-refractivity contribution in [1.82, 2.24) is 9.97 Å². The molecule has 1 aromatic heterocycles. The number of aliphatic hydroxyl groups is 1. The number of nitrogens with zero attached hydrogens (tertiary/aromatic N) is 2. The van der Waals surface area contributed by atoms with Gasteiger partial charge in [-0.2, -0.15) is 0 Å². The van der Waals surface area contributed by atoms with Gasteiger partial charge in [0.2, 0.25) is 0 Å². The van der Waals surface area contributed by atoms with E-state index < -0.39 is 0 Å². The van der Waals surface area contributed by atoms with E-state index in [0.29, 0.717) is 30.6 Å². The normalized spacial score (nSPS) is 11.9. The number of hydrogen-bond donors (Lipinski definition) is 2. The maximum Gasteiger partial charge on any atom is 0.180 e. The average Bonchev–Trinajstić information content (AvgIpc) is 2.48.